The van der Waals surface area contributed by atoms with Crippen LogP contribution in [0, 0.1) is 0 Å². The highest BCUT2D eigenvalue weighted by Crippen LogP contribution is 2.30. The number of thioether (sulfide) groups is 1. The van der Waals surface area contributed by atoms with E-state index in [2.05, 4.69) is 5.32 Å². The van der Waals surface area contributed by atoms with Gasteiger partial charge in [-0.15, -0.1) is 0 Å². The summed E-state index contributed by atoms with van der Waals surface area (Å²) in [5, 5.41) is 13.2. The summed E-state index contributed by atoms with van der Waals surface area (Å²) >= 11 is 0.995. The highest BCUT2D eigenvalue weighted by Gasteiger charge is 2.30. The number of nitrogens with zero attached hydrogens (tertiary/aromatic N) is 1. The number of rotatable bonds is 6. The molecule has 8 heteroatoms. The maximum atomic E-state index is 12.5. The Morgan fingerprint density at radius 1 is 1.43 bits per heavy atom. The zero-order chi connectivity index (χ0) is 17.0. The lowest BCUT2D eigenvalue weighted by Crippen LogP contribution is -2.42. The van der Waals surface area contributed by atoms with Gasteiger partial charge in [-0.2, -0.15) is 0 Å². The molecule has 0 saturated heterocycles. The topological polar surface area (TPSA) is 105 Å². The van der Waals surface area contributed by atoms with Gasteiger partial charge in [-0.25, -0.2) is 5.06 Å². The van der Waals surface area contributed by atoms with Crippen LogP contribution in [-0.4, -0.2) is 34.7 Å². The number of amides is 2. The van der Waals surface area contributed by atoms with Crippen LogP contribution in [0.25, 0.3) is 0 Å². The van der Waals surface area contributed by atoms with Gasteiger partial charge in [0.15, 0.2) is 5.50 Å². The van der Waals surface area contributed by atoms with Crippen molar-refractivity contribution >= 4 is 23.6 Å². The first-order chi connectivity index (χ1) is 11.0. The zero-order valence-corrected chi connectivity index (χ0v) is 13.7. The Hall–Kier alpha value is -2.19. The number of carbonyl (C=O) groups is 2. The lowest BCUT2D eigenvalue weighted by atomic mass is 9.95. The van der Waals surface area contributed by atoms with Crippen LogP contribution in [0.5, 0.6) is 5.75 Å². The van der Waals surface area contributed by atoms with E-state index in [-0.39, 0.29) is 16.7 Å². The van der Waals surface area contributed by atoms with Crippen LogP contribution < -0.4 is 15.8 Å². The smallest absolute Gasteiger partial charge is 0.256 e. The summed E-state index contributed by atoms with van der Waals surface area (Å²) in [6, 6.07) is 7.25. The number of hydrogen-bond donors (Lipinski definition) is 3. The molecular weight excluding hydrogens is 318 g/mol. The molecule has 1 aromatic rings. The van der Waals surface area contributed by atoms with Crippen molar-refractivity contribution in [2.75, 3.05) is 7.11 Å². The van der Waals surface area contributed by atoms with Gasteiger partial charge in [0, 0.05) is 0 Å². The van der Waals surface area contributed by atoms with Crippen LogP contribution in [0.3, 0.4) is 0 Å². The molecule has 2 atom stereocenters. The predicted octanol–water partition coefficient (Wildman–Crippen LogP) is 1.35. The summed E-state index contributed by atoms with van der Waals surface area (Å²) in [6.45, 7) is 1.90. The van der Waals surface area contributed by atoms with E-state index >= 15 is 0 Å². The Balaban J connectivity index is 2.04. The van der Waals surface area contributed by atoms with Gasteiger partial charge in [-0.3, -0.25) is 14.8 Å². The Morgan fingerprint density at radius 2 is 2.09 bits per heavy atom. The number of hydrogen-bond acceptors (Lipinski definition) is 6. The fraction of sp³-hybridized carbons (Fsp3) is 0.333. The summed E-state index contributed by atoms with van der Waals surface area (Å²) < 4.78 is 5.10. The number of nitrogens with two attached hydrogens (primary N) is 1. The van der Waals surface area contributed by atoms with Crippen molar-refractivity contribution in [1.29, 1.82) is 0 Å². The molecule has 2 amide bonds. The summed E-state index contributed by atoms with van der Waals surface area (Å²) in [6.07, 6.45) is 1.80. The lowest BCUT2D eigenvalue weighted by molar-refractivity contribution is -0.127. The average molecular weight is 337 g/mol. The SMILES string of the molecule is CCC(C(=O)NC1SC(C(N)=O)=CN1O)c1ccc(OC)cc1. The van der Waals surface area contributed by atoms with E-state index in [1.807, 2.05) is 19.1 Å². The Morgan fingerprint density at radius 3 is 2.57 bits per heavy atom. The van der Waals surface area contributed by atoms with E-state index in [0.29, 0.717) is 12.2 Å². The molecule has 0 saturated carbocycles. The summed E-state index contributed by atoms with van der Waals surface area (Å²) in [7, 11) is 1.58. The molecular formula is C15H19N3O4S. The minimum absolute atomic E-state index is 0.190. The van der Waals surface area contributed by atoms with Crippen LogP contribution in [0.4, 0.5) is 0 Å². The first-order valence-corrected chi connectivity index (χ1v) is 7.94. The van der Waals surface area contributed by atoms with Crippen molar-refractivity contribution in [3.8, 4) is 5.75 Å². The fourth-order valence-corrected chi connectivity index (χ4v) is 3.11. The first kappa shape index (κ1) is 17.2. The van der Waals surface area contributed by atoms with Crippen molar-refractivity contribution < 1.29 is 19.5 Å². The molecule has 1 heterocycles. The predicted molar refractivity (Wildman–Crippen MR) is 86.5 cm³/mol. The lowest BCUT2D eigenvalue weighted by Gasteiger charge is -2.22. The van der Waals surface area contributed by atoms with E-state index in [1.54, 1.807) is 19.2 Å². The number of benzene rings is 1. The summed E-state index contributed by atoms with van der Waals surface area (Å²) in [4.78, 5) is 23.8. The summed E-state index contributed by atoms with van der Waals surface area (Å²) in [5.41, 5.74) is 5.25. The third-order valence-corrected chi connectivity index (χ3v) is 4.60. The monoisotopic (exact) mass is 337 g/mol. The van der Waals surface area contributed by atoms with Crippen molar-refractivity contribution in [1.82, 2.24) is 10.4 Å². The second kappa shape index (κ2) is 7.38. The van der Waals surface area contributed by atoms with Crippen molar-refractivity contribution in [2.24, 2.45) is 5.73 Å². The molecule has 2 rings (SSSR count). The number of nitrogens with one attached hydrogen (secondary N) is 1. The molecule has 0 spiro atoms. The van der Waals surface area contributed by atoms with Crippen LogP contribution in [0.15, 0.2) is 35.4 Å². The molecule has 1 aromatic carbocycles. The molecule has 0 fully saturated rings. The molecule has 0 bridgehead atoms. The third-order valence-electron chi connectivity index (χ3n) is 3.48. The van der Waals surface area contributed by atoms with Gasteiger partial charge in [-0.05, 0) is 24.1 Å². The highest BCUT2D eigenvalue weighted by atomic mass is 32.2. The minimum Gasteiger partial charge on any atom is -0.497 e. The van der Waals surface area contributed by atoms with Crippen LogP contribution in [-0.2, 0) is 9.59 Å². The minimum atomic E-state index is -0.766. The van der Waals surface area contributed by atoms with Crippen molar-refractivity contribution in [3.63, 3.8) is 0 Å². The van der Waals surface area contributed by atoms with E-state index in [4.69, 9.17) is 10.5 Å². The van der Waals surface area contributed by atoms with Gasteiger partial charge in [0.2, 0.25) is 5.91 Å². The molecule has 7 nitrogen and oxygen atoms in total. The van der Waals surface area contributed by atoms with Crippen LogP contribution in [0.2, 0.25) is 0 Å². The maximum Gasteiger partial charge on any atom is 0.256 e. The third kappa shape index (κ3) is 3.96. The van der Waals surface area contributed by atoms with E-state index < -0.39 is 11.4 Å². The first-order valence-electron chi connectivity index (χ1n) is 7.06. The van der Waals surface area contributed by atoms with E-state index in [1.165, 1.54) is 6.20 Å². The molecule has 4 N–H and O–H groups in total. The molecule has 0 radical (unpaired) electrons. The molecule has 23 heavy (non-hydrogen) atoms. The van der Waals surface area contributed by atoms with Gasteiger partial charge < -0.3 is 15.8 Å². The normalized spacial score (nSPS) is 18.3. The Bertz CT molecular complexity index is 618. The zero-order valence-electron chi connectivity index (χ0n) is 12.9. The van der Waals surface area contributed by atoms with Gasteiger partial charge in [-0.1, -0.05) is 30.8 Å². The van der Waals surface area contributed by atoms with Gasteiger partial charge in [0.1, 0.15) is 5.75 Å². The van der Waals surface area contributed by atoms with Crippen LogP contribution >= 0.6 is 11.8 Å². The molecule has 1 aliphatic heterocycles. The summed E-state index contributed by atoms with van der Waals surface area (Å²) in [5.74, 6) is -0.541. The molecule has 2 unspecified atom stereocenters. The molecule has 0 aromatic heterocycles. The number of ether oxygens (including phenoxy) is 1. The Kier molecular flexibility index (Phi) is 5.51. The molecule has 0 aliphatic carbocycles. The number of carbonyl (C=O) groups excluding carboxylic acids is 2. The van der Waals surface area contributed by atoms with Gasteiger partial charge in [0.25, 0.3) is 5.91 Å². The maximum absolute atomic E-state index is 12.5. The molecule has 1 aliphatic rings. The average Bonchev–Trinajstić information content (AvgIpc) is 2.90. The van der Waals surface area contributed by atoms with Gasteiger partial charge in [0.05, 0.1) is 24.1 Å². The highest BCUT2D eigenvalue weighted by molar-refractivity contribution is 8.04. The largest absolute Gasteiger partial charge is 0.497 e. The van der Waals surface area contributed by atoms with E-state index in [9.17, 15) is 14.8 Å². The standard InChI is InChI=1S/C15H19N3O4S/c1-3-11(9-4-6-10(22-2)7-5-9)14(20)17-15-18(21)8-12(23-15)13(16)19/h4-8,11,15,21H,3H2,1-2H3,(H2,16,19)(H,17,20). The quantitative estimate of drug-likeness (QED) is 0.724. The second-order valence-electron chi connectivity index (χ2n) is 4.95. The fourth-order valence-electron chi connectivity index (χ4n) is 2.24. The second-order valence-corrected chi connectivity index (χ2v) is 6.07. The van der Waals surface area contributed by atoms with Crippen molar-refractivity contribution in [2.45, 2.75) is 24.8 Å². The number of primary amides is 1. The van der Waals surface area contributed by atoms with Gasteiger partial charge >= 0.3 is 0 Å². The van der Waals surface area contributed by atoms with E-state index in [0.717, 1.165) is 22.4 Å². The molecule has 124 valence electrons. The Labute approximate surface area is 138 Å². The number of methoxy groups -OCH3 is 1. The van der Waals surface area contributed by atoms with Crippen molar-refractivity contribution in [3.05, 3.63) is 40.9 Å². The number of hydroxylamine groups is 2. The van der Waals surface area contributed by atoms with Crippen LogP contribution in [0.1, 0.15) is 24.8 Å².